The summed E-state index contributed by atoms with van der Waals surface area (Å²) in [6.45, 7) is 17.7. The minimum Gasteiger partial charge on any atom is -0.490 e. The maximum Gasteiger partial charge on any atom is 0.236 e. The molecule has 0 aliphatic carbocycles. The molecule has 1 heterocycles. The molecule has 0 aliphatic rings. The van der Waals surface area contributed by atoms with Gasteiger partial charge in [0.15, 0.2) is 34.5 Å². The lowest BCUT2D eigenvalue weighted by atomic mass is 10.1. The monoisotopic (exact) mass is 1500 g/mol. The maximum absolute atomic E-state index is 6.77. The molecule has 0 radical (unpaired) electrons. The van der Waals surface area contributed by atoms with Gasteiger partial charge in [-0.2, -0.15) is 15.0 Å². The Hall–Kier alpha value is -5.13. The molecular formula is C96H168N6O6. The molecule has 12 heteroatoms. The number of unbranched alkanes of at least 4 members (excludes halogenated alkanes) is 54. The third-order valence-corrected chi connectivity index (χ3v) is 22.0. The minimum atomic E-state index is 0.496. The van der Waals surface area contributed by atoms with Crippen molar-refractivity contribution in [2.75, 3.05) is 75.5 Å². The van der Waals surface area contributed by atoms with Crippen molar-refractivity contribution in [3.63, 3.8) is 0 Å². The molecule has 0 saturated carbocycles. The van der Waals surface area contributed by atoms with E-state index in [0.29, 0.717) is 57.5 Å². The Kier molecular flexibility index (Phi) is 59.6. The number of nitrogens with zero attached hydrogens (tertiary/aromatic N) is 6. The molecule has 0 saturated heterocycles. The molecule has 108 heavy (non-hydrogen) atoms. The fourth-order valence-electron chi connectivity index (χ4n) is 14.6. The van der Waals surface area contributed by atoms with Crippen LogP contribution < -0.4 is 43.1 Å². The number of hydrogen-bond donors (Lipinski definition) is 0. The predicted molar refractivity (Wildman–Crippen MR) is 467 cm³/mol. The third kappa shape index (κ3) is 46.0. The predicted octanol–water partition coefficient (Wildman–Crippen LogP) is 31.0. The standard InChI is InChI=1S/C96H168N6O6/c1-10-16-22-28-34-40-46-52-58-64-76-103-88-73-70-85(82-91(88)106-79-67-61-55-49-43-37-31-25-19-13-4)100(7)94-97-95(101(8)86-71-74-89(104-77-65-59-53-47-41-35-29-23-17-11-2)92(83-86)107-80-68-62-56-50-44-38-32-26-20-14-5)99-96(98-94)102(9)87-72-75-90(105-78-66-60-54-48-42-36-30-24-18-12-3)93(84-87)108-81-69-63-57-51-45-39-33-27-21-15-6/h70-75,82-84H,10-69,76-81H2,1-9H3. The molecule has 0 spiro atoms. The van der Waals surface area contributed by atoms with Crippen molar-refractivity contribution in [3.05, 3.63) is 54.6 Å². The molecule has 12 nitrogen and oxygen atoms in total. The summed E-state index contributed by atoms with van der Waals surface area (Å²) >= 11 is 0. The van der Waals surface area contributed by atoms with Gasteiger partial charge in [0.05, 0.1) is 39.6 Å². The van der Waals surface area contributed by atoms with Gasteiger partial charge < -0.3 is 43.1 Å². The van der Waals surface area contributed by atoms with Crippen LogP contribution in [0.1, 0.15) is 427 Å². The molecule has 4 aromatic rings. The number of rotatable bonds is 78. The van der Waals surface area contributed by atoms with Crippen molar-refractivity contribution in [2.24, 2.45) is 0 Å². The number of anilines is 6. The second-order valence-corrected chi connectivity index (χ2v) is 32.0. The maximum atomic E-state index is 6.77. The van der Waals surface area contributed by atoms with Crippen LogP contribution in [0.4, 0.5) is 34.9 Å². The fourth-order valence-corrected chi connectivity index (χ4v) is 14.6. The quantitative estimate of drug-likeness (QED) is 0.0393. The molecule has 1 aromatic heterocycles. The Morgan fingerprint density at radius 1 is 0.185 bits per heavy atom. The highest BCUT2D eigenvalue weighted by Gasteiger charge is 2.23. The zero-order valence-corrected chi connectivity index (χ0v) is 72.0. The molecule has 0 aliphatic heterocycles. The van der Waals surface area contributed by atoms with Crippen LogP contribution in [-0.4, -0.2) is 75.7 Å². The van der Waals surface area contributed by atoms with Gasteiger partial charge in [0, 0.05) is 56.4 Å². The summed E-state index contributed by atoms with van der Waals surface area (Å²) in [4.78, 5) is 22.3. The first-order chi connectivity index (χ1) is 53.3. The lowest BCUT2D eigenvalue weighted by molar-refractivity contribution is 0.258. The normalized spacial score (nSPS) is 11.4. The summed E-state index contributed by atoms with van der Waals surface area (Å²) in [6, 6.07) is 19.0. The van der Waals surface area contributed by atoms with Crippen LogP contribution in [0.2, 0.25) is 0 Å². The summed E-state index contributed by atoms with van der Waals surface area (Å²) in [7, 11) is 6.15. The molecule has 618 valence electrons. The van der Waals surface area contributed by atoms with E-state index in [2.05, 4.69) is 132 Å². The number of ether oxygens (including phenoxy) is 6. The Bertz CT molecular complexity index is 2400. The van der Waals surface area contributed by atoms with E-state index < -0.39 is 0 Å². The highest BCUT2D eigenvalue weighted by molar-refractivity contribution is 5.69. The van der Waals surface area contributed by atoms with Crippen molar-refractivity contribution < 1.29 is 28.4 Å². The lowest BCUT2D eigenvalue weighted by Crippen LogP contribution is -2.22. The Balaban J connectivity index is 1.71. The molecule has 4 rings (SSSR count). The van der Waals surface area contributed by atoms with Crippen molar-refractivity contribution in [1.82, 2.24) is 15.0 Å². The van der Waals surface area contributed by atoms with E-state index in [0.717, 1.165) is 109 Å². The molecule has 3 aromatic carbocycles. The zero-order valence-electron chi connectivity index (χ0n) is 72.0. The van der Waals surface area contributed by atoms with Gasteiger partial charge >= 0.3 is 0 Å². The van der Waals surface area contributed by atoms with Crippen LogP contribution >= 0.6 is 0 Å². The Morgan fingerprint density at radius 2 is 0.324 bits per heavy atom. The van der Waals surface area contributed by atoms with Gasteiger partial charge in [-0.05, 0) is 74.9 Å². The second-order valence-electron chi connectivity index (χ2n) is 32.0. The molecular weight excluding hydrogens is 1330 g/mol. The first-order valence-electron chi connectivity index (χ1n) is 46.4. The fraction of sp³-hybridized carbons (Fsp3) is 0.781. The van der Waals surface area contributed by atoms with Gasteiger partial charge in [-0.3, -0.25) is 0 Å². The third-order valence-electron chi connectivity index (χ3n) is 22.0. The Morgan fingerprint density at radius 3 is 0.481 bits per heavy atom. The van der Waals surface area contributed by atoms with Crippen molar-refractivity contribution >= 4 is 34.9 Å². The van der Waals surface area contributed by atoms with Crippen LogP contribution in [0.3, 0.4) is 0 Å². The topological polar surface area (TPSA) is 104 Å². The lowest BCUT2D eigenvalue weighted by Gasteiger charge is -2.26. The van der Waals surface area contributed by atoms with E-state index in [9.17, 15) is 0 Å². The summed E-state index contributed by atoms with van der Waals surface area (Å²) in [5.41, 5.74) is 2.68. The average Bonchev–Trinajstić information content (AvgIpc) is 0.786. The highest BCUT2D eigenvalue weighted by atomic mass is 16.5. The van der Waals surface area contributed by atoms with Gasteiger partial charge in [0.2, 0.25) is 17.8 Å². The van der Waals surface area contributed by atoms with Crippen molar-refractivity contribution in [1.29, 1.82) is 0 Å². The van der Waals surface area contributed by atoms with E-state index in [1.165, 1.54) is 327 Å². The highest BCUT2D eigenvalue weighted by Crippen LogP contribution is 2.40. The molecule has 0 amide bonds. The van der Waals surface area contributed by atoms with Crippen LogP contribution in [0, 0.1) is 0 Å². The van der Waals surface area contributed by atoms with E-state index in [4.69, 9.17) is 43.4 Å². The van der Waals surface area contributed by atoms with Gasteiger partial charge in [0.25, 0.3) is 0 Å². The van der Waals surface area contributed by atoms with E-state index >= 15 is 0 Å². The first-order valence-corrected chi connectivity index (χ1v) is 46.4. The SMILES string of the molecule is CCCCCCCCCCCCOc1ccc(N(C)c2nc(N(C)c3ccc(OCCCCCCCCCCCC)c(OCCCCCCCCCCCC)c3)nc(N(C)c3ccc(OCCCCCCCCCCCC)c(OCCCCCCCCCCCC)c3)n2)cc1OCCCCCCCCCCCC. The molecule has 0 fully saturated rings. The number of aromatic nitrogens is 3. The van der Waals surface area contributed by atoms with Gasteiger partial charge in [0.1, 0.15) is 0 Å². The Labute approximate surface area is 666 Å². The molecule has 0 unspecified atom stereocenters. The van der Waals surface area contributed by atoms with Crippen LogP contribution in [-0.2, 0) is 0 Å². The van der Waals surface area contributed by atoms with E-state index in [-0.39, 0.29) is 0 Å². The average molecular weight is 1500 g/mol. The van der Waals surface area contributed by atoms with Crippen LogP contribution in [0.5, 0.6) is 34.5 Å². The molecule has 0 N–H and O–H groups in total. The summed E-state index contributed by atoms with van der Waals surface area (Å²) in [5.74, 6) is 6.12. The van der Waals surface area contributed by atoms with Crippen LogP contribution in [0.15, 0.2) is 54.6 Å². The zero-order chi connectivity index (χ0) is 77.1. The van der Waals surface area contributed by atoms with Crippen molar-refractivity contribution in [2.45, 2.75) is 427 Å². The molecule has 0 bridgehead atoms. The summed E-state index contributed by atoms with van der Waals surface area (Å²) < 4.78 is 40.3. The minimum absolute atomic E-state index is 0.496. The first kappa shape index (κ1) is 95.2. The van der Waals surface area contributed by atoms with Crippen molar-refractivity contribution in [3.8, 4) is 34.5 Å². The van der Waals surface area contributed by atoms with Gasteiger partial charge in [-0.1, -0.05) is 388 Å². The summed E-state index contributed by atoms with van der Waals surface area (Å²) in [6.07, 6.45) is 76.8. The van der Waals surface area contributed by atoms with Gasteiger partial charge in [-0.15, -0.1) is 0 Å². The smallest absolute Gasteiger partial charge is 0.236 e. The van der Waals surface area contributed by atoms with E-state index in [1.54, 1.807) is 0 Å². The number of benzene rings is 3. The number of hydrogen-bond acceptors (Lipinski definition) is 12. The van der Waals surface area contributed by atoms with E-state index in [1.807, 2.05) is 0 Å². The summed E-state index contributed by atoms with van der Waals surface area (Å²) in [5, 5.41) is 0. The van der Waals surface area contributed by atoms with Crippen LogP contribution in [0.25, 0.3) is 0 Å². The molecule has 0 atom stereocenters. The largest absolute Gasteiger partial charge is 0.490 e. The second kappa shape index (κ2) is 67.6. The van der Waals surface area contributed by atoms with Gasteiger partial charge in [-0.25, -0.2) is 0 Å².